The van der Waals surface area contributed by atoms with Gasteiger partial charge < -0.3 is 11.1 Å². The molecule has 2 unspecified atom stereocenters. The minimum absolute atomic E-state index is 0.463. The molecule has 2 heterocycles. The first-order valence-electron chi connectivity index (χ1n) is 7.40. The topological polar surface area (TPSA) is 67.1 Å². The molecule has 5 nitrogen and oxygen atoms in total. The highest BCUT2D eigenvalue weighted by molar-refractivity contribution is 5.40. The number of hydrogen-bond donors (Lipinski definition) is 2. The van der Waals surface area contributed by atoms with Crippen LogP contribution in [0, 0.1) is 11.8 Å². The van der Waals surface area contributed by atoms with E-state index in [0.29, 0.717) is 11.9 Å². The summed E-state index contributed by atoms with van der Waals surface area (Å²) in [5.41, 5.74) is 6.94. The second-order valence-corrected chi connectivity index (χ2v) is 6.00. The van der Waals surface area contributed by atoms with Gasteiger partial charge in [-0.1, -0.05) is 30.3 Å². The number of benzene rings is 1. The van der Waals surface area contributed by atoms with E-state index in [1.165, 1.54) is 18.7 Å². The van der Waals surface area contributed by atoms with Gasteiger partial charge in [0.1, 0.15) is 11.6 Å². The van der Waals surface area contributed by atoms with Crippen LogP contribution in [0.2, 0.25) is 0 Å². The molecular weight excluding hydrogens is 262 g/mol. The van der Waals surface area contributed by atoms with Crippen molar-refractivity contribution >= 4 is 11.6 Å². The second-order valence-electron chi connectivity index (χ2n) is 6.00. The summed E-state index contributed by atoms with van der Waals surface area (Å²) in [6, 6.07) is 11.2. The molecule has 1 saturated heterocycles. The van der Waals surface area contributed by atoms with E-state index in [9.17, 15) is 0 Å². The summed E-state index contributed by atoms with van der Waals surface area (Å²) in [5.74, 6) is 2.78. The fourth-order valence-corrected chi connectivity index (χ4v) is 3.38. The monoisotopic (exact) mass is 281 g/mol. The maximum atomic E-state index is 5.55. The van der Waals surface area contributed by atoms with E-state index < -0.39 is 0 Å². The molecule has 0 spiro atoms. The molecule has 1 saturated carbocycles. The van der Waals surface area contributed by atoms with Crippen molar-refractivity contribution in [3.63, 3.8) is 0 Å². The molecule has 1 aliphatic carbocycles. The zero-order valence-electron chi connectivity index (χ0n) is 11.8. The Kier molecular flexibility index (Phi) is 3.00. The number of nitrogens with one attached hydrogen (secondary N) is 1. The summed E-state index contributed by atoms with van der Waals surface area (Å²) in [4.78, 5) is 10.9. The number of piperidine rings is 1. The Morgan fingerprint density at radius 1 is 1.10 bits per heavy atom. The van der Waals surface area contributed by atoms with Crippen LogP contribution < -0.4 is 11.1 Å². The van der Waals surface area contributed by atoms with Gasteiger partial charge in [-0.2, -0.15) is 0 Å². The summed E-state index contributed by atoms with van der Waals surface area (Å²) in [6.07, 6.45) is 3.31. The van der Waals surface area contributed by atoms with E-state index >= 15 is 0 Å². The van der Waals surface area contributed by atoms with Gasteiger partial charge in [0.05, 0.1) is 12.4 Å². The Hall–Kier alpha value is -2.14. The summed E-state index contributed by atoms with van der Waals surface area (Å²) < 4.78 is 0. The number of rotatable bonds is 4. The van der Waals surface area contributed by atoms with Gasteiger partial charge in [-0.3, -0.25) is 4.90 Å². The van der Waals surface area contributed by atoms with Crippen LogP contribution in [0.25, 0.3) is 0 Å². The first-order valence-corrected chi connectivity index (χ1v) is 7.40. The predicted octanol–water partition coefficient (Wildman–Crippen LogP) is 1.60. The van der Waals surface area contributed by atoms with Crippen LogP contribution in [0.1, 0.15) is 5.56 Å². The zero-order valence-corrected chi connectivity index (χ0v) is 11.8. The van der Waals surface area contributed by atoms with Gasteiger partial charge in [-0.15, -0.1) is 0 Å². The number of aromatic nitrogens is 2. The Labute approximate surface area is 124 Å². The number of anilines is 2. The second kappa shape index (κ2) is 5.00. The lowest BCUT2D eigenvalue weighted by Gasteiger charge is -2.20. The average molecular weight is 281 g/mol. The van der Waals surface area contributed by atoms with E-state index in [4.69, 9.17) is 5.73 Å². The number of nitrogens with zero attached hydrogens (tertiary/aromatic N) is 3. The smallest absolute Gasteiger partial charge is 0.144 e. The molecule has 2 fully saturated rings. The molecular formula is C16H19N5. The van der Waals surface area contributed by atoms with Gasteiger partial charge in [0.15, 0.2) is 0 Å². The molecule has 5 heteroatoms. The van der Waals surface area contributed by atoms with Crippen molar-refractivity contribution in [1.82, 2.24) is 14.9 Å². The fraction of sp³-hybridized carbons (Fsp3) is 0.375. The third-order valence-corrected chi connectivity index (χ3v) is 4.51. The van der Waals surface area contributed by atoms with Crippen molar-refractivity contribution in [2.75, 3.05) is 24.1 Å². The standard InChI is InChI=1S/C16H19N5/c17-14-6-19-15(7-18-14)20-16-12-9-21(10-13(12)16)8-11-4-2-1-3-5-11/h1-7,12-13,16H,8-10H2,(H2,17,18)(H,19,20). The maximum absolute atomic E-state index is 5.55. The van der Waals surface area contributed by atoms with Crippen LogP contribution in [-0.4, -0.2) is 34.0 Å². The molecule has 3 N–H and O–H groups in total. The molecule has 21 heavy (non-hydrogen) atoms. The van der Waals surface area contributed by atoms with E-state index in [-0.39, 0.29) is 0 Å². The van der Waals surface area contributed by atoms with E-state index in [2.05, 4.69) is 50.5 Å². The van der Waals surface area contributed by atoms with E-state index in [0.717, 1.165) is 24.2 Å². The summed E-state index contributed by atoms with van der Waals surface area (Å²) >= 11 is 0. The Morgan fingerprint density at radius 3 is 2.52 bits per heavy atom. The van der Waals surface area contributed by atoms with Gasteiger partial charge in [0, 0.05) is 25.7 Å². The largest absolute Gasteiger partial charge is 0.382 e. The molecule has 2 atom stereocenters. The minimum atomic E-state index is 0.463. The summed E-state index contributed by atoms with van der Waals surface area (Å²) in [6.45, 7) is 3.39. The number of hydrogen-bond acceptors (Lipinski definition) is 5. The van der Waals surface area contributed by atoms with Gasteiger partial charge in [0.2, 0.25) is 0 Å². The average Bonchev–Trinajstić information content (AvgIpc) is 2.94. The van der Waals surface area contributed by atoms with Crippen LogP contribution in [0.5, 0.6) is 0 Å². The Bertz CT molecular complexity index is 600. The highest BCUT2D eigenvalue weighted by Crippen LogP contribution is 2.47. The van der Waals surface area contributed by atoms with Gasteiger partial charge in [-0.25, -0.2) is 9.97 Å². The number of nitrogen functional groups attached to an aromatic ring is 1. The van der Waals surface area contributed by atoms with Crippen molar-refractivity contribution in [1.29, 1.82) is 0 Å². The molecule has 108 valence electrons. The predicted molar refractivity (Wildman–Crippen MR) is 82.6 cm³/mol. The third kappa shape index (κ3) is 2.56. The van der Waals surface area contributed by atoms with Gasteiger partial charge in [-0.05, 0) is 17.4 Å². The molecule has 2 aliphatic rings. The van der Waals surface area contributed by atoms with Crippen LogP contribution in [0.4, 0.5) is 11.6 Å². The van der Waals surface area contributed by atoms with Crippen molar-refractivity contribution in [2.45, 2.75) is 12.6 Å². The number of nitrogens with two attached hydrogens (primary N) is 1. The lowest BCUT2D eigenvalue weighted by atomic mass is 10.2. The third-order valence-electron chi connectivity index (χ3n) is 4.51. The lowest BCUT2D eigenvalue weighted by molar-refractivity contribution is 0.292. The van der Waals surface area contributed by atoms with Crippen molar-refractivity contribution in [2.24, 2.45) is 11.8 Å². The minimum Gasteiger partial charge on any atom is -0.382 e. The summed E-state index contributed by atoms with van der Waals surface area (Å²) in [7, 11) is 0. The number of likely N-dealkylation sites (tertiary alicyclic amines) is 1. The molecule has 4 rings (SSSR count). The van der Waals surface area contributed by atoms with Crippen molar-refractivity contribution < 1.29 is 0 Å². The van der Waals surface area contributed by atoms with Crippen molar-refractivity contribution in [3.05, 3.63) is 48.3 Å². The van der Waals surface area contributed by atoms with Crippen LogP contribution in [0.15, 0.2) is 42.7 Å². The summed E-state index contributed by atoms with van der Waals surface area (Å²) in [5, 5.41) is 3.47. The van der Waals surface area contributed by atoms with Gasteiger partial charge >= 0.3 is 0 Å². The molecule has 0 radical (unpaired) electrons. The van der Waals surface area contributed by atoms with Crippen LogP contribution in [-0.2, 0) is 6.54 Å². The van der Waals surface area contributed by atoms with Gasteiger partial charge in [0.25, 0.3) is 0 Å². The van der Waals surface area contributed by atoms with Crippen LogP contribution >= 0.6 is 0 Å². The first-order chi connectivity index (χ1) is 10.3. The van der Waals surface area contributed by atoms with Crippen molar-refractivity contribution in [3.8, 4) is 0 Å². The van der Waals surface area contributed by atoms with E-state index in [1.54, 1.807) is 12.4 Å². The lowest BCUT2D eigenvalue weighted by Crippen LogP contribution is -2.27. The number of fused-ring (bicyclic) bond motifs is 1. The molecule has 0 amide bonds. The zero-order chi connectivity index (χ0) is 14.2. The Balaban J connectivity index is 1.30. The Morgan fingerprint density at radius 2 is 1.86 bits per heavy atom. The maximum Gasteiger partial charge on any atom is 0.144 e. The van der Waals surface area contributed by atoms with Crippen LogP contribution in [0.3, 0.4) is 0 Å². The SMILES string of the molecule is Nc1cnc(NC2C3CN(Cc4ccccc4)CC32)cn1. The molecule has 0 bridgehead atoms. The highest BCUT2D eigenvalue weighted by atomic mass is 15.2. The normalized spacial score (nSPS) is 27.3. The molecule has 1 aliphatic heterocycles. The van der Waals surface area contributed by atoms with E-state index in [1.807, 2.05) is 0 Å². The fourth-order valence-electron chi connectivity index (χ4n) is 3.38. The highest BCUT2D eigenvalue weighted by Gasteiger charge is 2.55. The molecule has 2 aromatic rings. The molecule has 1 aromatic carbocycles. The molecule has 1 aromatic heterocycles. The first kappa shape index (κ1) is 12.6. The quantitative estimate of drug-likeness (QED) is 0.891.